The van der Waals surface area contributed by atoms with Crippen molar-refractivity contribution in [1.29, 1.82) is 0 Å². The molecule has 2 amide bonds. The van der Waals surface area contributed by atoms with Gasteiger partial charge < -0.3 is 59.6 Å². The van der Waals surface area contributed by atoms with Crippen molar-refractivity contribution in [3.05, 3.63) is 107 Å². The van der Waals surface area contributed by atoms with Gasteiger partial charge in [-0.3, -0.25) is 23.5 Å². The lowest BCUT2D eigenvalue weighted by Crippen LogP contribution is -2.29. The van der Waals surface area contributed by atoms with E-state index in [4.69, 9.17) is 45.4 Å². The number of hydrogen-bond donors (Lipinski definition) is 8. The van der Waals surface area contributed by atoms with Gasteiger partial charge in [0, 0.05) is 91.8 Å². The number of ketones is 1. The first-order valence-corrected chi connectivity index (χ1v) is 41.5. The molecular weight excluding hydrogens is 1380 g/mol. The summed E-state index contributed by atoms with van der Waals surface area (Å²) in [6.07, 6.45) is 16.6. The van der Waals surface area contributed by atoms with E-state index in [2.05, 4.69) is 123 Å². The highest BCUT2D eigenvalue weighted by molar-refractivity contribution is 8.76. The van der Waals surface area contributed by atoms with Gasteiger partial charge in [-0.05, 0) is 93.7 Å². The van der Waals surface area contributed by atoms with Crippen LogP contribution in [0.15, 0.2) is 94.6 Å². The number of aromatic nitrogens is 1. The normalized spacial score (nSPS) is 20.4. The van der Waals surface area contributed by atoms with Crippen LogP contribution in [0, 0.1) is 11.8 Å². The van der Waals surface area contributed by atoms with E-state index < -0.39 is 73.5 Å². The predicted molar refractivity (Wildman–Crippen MR) is 367 cm³/mol. The minimum Gasteiger partial charge on any atom is -0.387 e. The maximum Gasteiger partial charge on any atom is 0.490 e. The minimum absolute atomic E-state index is 0.00647. The number of ether oxygens (including phenoxy) is 3. The number of rotatable bonds is 36. The molecule has 3 aromatic rings. The van der Waals surface area contributed by atoms with E-state index in [1.165, 1.54) is 33.8 Å². The van der Waals surface area contributed by atoms with E-state index in [1.54, 1.807) is 40.0 Å². The first-order valence-electron chi connectivity index (χ1n) is 30.3. The van der Waals surface area contributed by atoms with Crippen LogP contribution in [0.25, 0.3) is 0 Å². The number of nitrogens with one attached hydrogen (secondary N) is 2. The number of nitrogens with zero attached hydrogens (tertiary/aromatic N) is 4. The summed E-state index contributed by atoms with van der Waals surface area (Å²) in [6, 6.07) is 13.3. The Morgan fingerprint density at radius 2 is 1.65 bits per heavy atom. The lowest BCUT2D eigenvalue weighted by molar-refractivity contribution is -0.438. The van der Waals surface area contributed by atoms with Crippen LogP contribution in [-0.2, 0) is 92.2 Å². The number of anilines is 1. The summed E-state index contributed by atoms with van der Waals surface area (Å²) >= 11 is 5.24. The van der Waals surface area contributed by atoms with Gasteiger partial charge >= 0.3 is 23.5 Å². The Labute approximate surface area is 563 Å². The van der Waals surface area contributed by atoms with Crippen molar-refractivity contribution >= 4 is 122 Å². The number of carbonyl (C=O) groups is 3. The molecule has 1 saturated heterocycles. The van der Waals surface area contributed by atoms with Crippen LogP contribution in [0.2, 0.25) is 0 Å². The molecule has 0 bridgehead atoms. The molecule has 94 heavy (non-hydrogen) atoms. The van der Waals surface area contributed by atoms with Gasteiger partial charge in [-0.2, -0.15) is 21.6 Å². The van der Waals surface area contributed by atoms with Gasteiger partial charge in [0.15, 0.2) is 11.5 Å². The number of Topliss-reactive ketones (excluding diaryl/α,β-unsaturated/α-hetero) is 1. The van der Waals surface area contributed by atoms with Gasteiger partial charge in [0.2, 0.25) is 17.5 Å². The van der Waals surface area contributed by atoms with Crippen molar-refractivity contribution in [2.75, 3.05) is 68.2 Å². The van der Waals surface area contributed by atoms with Crippen LogP contribution in [0.1, 0.15) is 139 Å². The largest absolute Gasteiger partial charge is 0.490 e. The van der Waals surface area contributed by atoms with Gasteiger partial charge in [-0.15, -0.1) is 0 Å². The number of carbonyl (C=O) groups excluding carboxylic acids is 3. The molecule has 6 atom stereocenters. The third-order valence-electron chi connectivity index (χ3n) is 15.7. The van der Waals surface area contributed by atoms with Gasteiger partial charge in [0.25, 0.3) is 10.1 Å². The average Bonchev–Trinajstić information content (AvgIpc) is 1.61. The number of allylic oxidation sites excluding steroid dienone is 6. The van der Waals surface area contributed by atoms with Crippen LogP contribution in [0.5, 0.6) is 0 Å². The fourth-order valence-corrected chi connectivity index (χ4v) is 17.0. The van der Waals surface area contributed by atoms with E-state index in [0.29, 0.717) is 50.7 Å². The number of amidine groups is 1. The zero-order chi connectivity index (χ0) is 68.7. The Hall–Kier alpha value is -4.48. The summed E-state index contributed by atoms with van der Waals surface area (Å²) in [5.41, 5.74) is 12.1. The van der Waals surface area contributed by atoms with Gasteiger partial charge in [-0.1, -0.05) is 106 Å². The molecule has 1 fully saturated rings. The Bertz CT molecular complexity index is 3780. The molecule has 26 nitrogen and oxygen atoms in total. The van der Waals surface area contributed by atoms with E-state index in [1.807, 2.05) is 12.2 Å². The molecule has 3 unspecified atom stereocenters. The van der Waals surface area contributed by atoms with Crippen molar-refractivity contribution in [1.82, 2.24) is 15.2 Å². The van der Waals surface area contributed by atoms with Gasteiger partial charge in [0.05, 0.1) is 53.1 Å². The molecule has 516 valence electrons. The topological polar surface area (TPSA) is 367 Å². The van der Waals surface area contributed by atoms with Gasteiger partial charge in [0.1, 0.15) is 36.5 Å². The highest BCUT2D eigenvalue weighted by Gasteiger charge is 2.47. The van der Waals surface area contributed by atoms with Crippen LogP contribution in [0.3, 0.4) is 0 Å². The summed E-state index contributed by atoms with van der Waals surface area (Å²) in [7, 11) is -18.8. The van der Waals surface area contributed by atoms with Crippen molar-refractivity contribution < 1.29 is 92.6 Å². The molecule has 7 rings (SSSR count). The average molecular weight is 1460 g/mol. The third kappa shape index (κ3) is 21.8. The molecule has 2 aromatic carbocycles. The number of phosphoric acid groups is 3. The maximum atomic E-state index is 13.3. The van der Waals surface area contributed by atoms with Gasteiger partial charge in [-0.25, -0.2) is 18.7 Å². The van der Waals surface area contributed by atoms with Crippen LogP contribution < -0.4 is 21.3 Å². The summed E-state index contributed by atoms with van der Waals surface area (Å²) in [4.78, 5) is 82.6. The Morgan fingerprint density at radius 1 is 0.936 bits per heavy atom. The molecule has 5 heterocycles. The fourth-order valence-electron chi connectivity index (χ4n) is 11.3. The number of likely N-dealkylation sites (N-methyl/N-ethyl adjacent to an activating group) is 1. The first kappa shape index (κ1) is 76.9. The Kier molecular flexibility index (Phi) is 28.1. The second-order valence-corrected chi connectivity index (χ2v) is 34.8. The van der Waals surface area contributed by atoms with Crippen molar-refractivity contribution in [3.8, 4) is 11.8 Å². The first-order chi connectivity index (χ1) is 44.3. The van der Waals surface area contributed by atoms with Crippen molar-refractivity contribution in [3.63, 3.8) is 0 Å². The predicted octanol–water partition coefficient (Wildman–Crippen LogP) is 9.33. The Balaban J connectivity index is 0.760. The highest BCUT2D eigenvalue weighted by Crippen LogP contribution is 2.66. The molecule has 1 aromatic heterocycles. The molecule has 0 radical (unpaired) electrons. The van der Waals surface area contributed by atoms with E-state index >= 15 is 0 Å². The highest BCUT2D eigenvalue weighted by atomic mass is 33.1. The number of unbranched alkanes of at least 4 members (excludes halogenated alkanes) is 5. The number of benzene rings is 2. The molecule has 9 N–H and O–H groups in total. The molecule has 4 aliphatic rings. The zero-order valence-electron chi connectivity index (χ0n) is 53.1. The van der Waals surface area contributed by atoms with Crippen molar-refractivity contribution in [2.45, 2.75) is 139 Å². The third-order valence-corrected chi connectivity index (χ3v) is 23.2. The second kappa shape index (κ2) is 34.3. The molecule has 0 saturated carbocycles. The quantitative estimate of drug-likeness (QED) is 0.00392. The number of nitrogens with two attached hydrogens (primary N) is 1. The lowest BCUT2D eigenvalue weighted by Gasteiger charge is -2.25. The Morgan fingerprint density at radius 3 is 2.36 bits per heavy atom. The smallest absolute Gasteiger partial charge is 0.387 e. The summed E-state index contributed by atoms with van der Waals surface area (Å²) < 4.78 is 104. The second-order valence-electron chi connectivity index (χ2n) is 23.4. The summed E-state index contributed by atoms with van der Waals surface area (Å²) in [6.45, 7) is 12.5. The lowest BCUT2D eigenvalue weighted by atomic mass is 9.81. The molecule has 34 heteroatoms. The fraction of sp³-hybridized carbons (Fsp3) is 0.517. The number of amides is 2. The van der Waals surface area contributed by atoms with E-state index in [-0.39, 0.29) is 82.4 Å². The van der Waals surface area contributed by atoms with E-state index in [0.717, 1.165) is 55.6 Å². The monoisotopic (exact) mass is 1460 g/mol. The number of fused-ring (bicyclic) bond motifs is 3. The standard InChI is InChI=1S/C60H82N7O19P3S5/c1-7-65-46-23-17-16-22-44(46)59(2,3)51(65)24-12-10-13-25-52-60(4,5)45-35-43(94(78,79)80)28-29-47(45)66(52)32-18-11-15-27-55(70)63-31-34-91-92-40-81-33-19-9-8-14-26-54(69)62-30-20-21-42-38-67(58-57(42)48(68)36-53(61)64-58)56-37-49(82-41-93(6)90)50(84-56)39-83-88(74,75)86-89(76,77)85-87(71,72)73/h10,12-13,16-17,22-25,28-29,35,38,49-50,56H,7-9,11,14-15,18-19,26-27,30-34,36-37,39-41H2,1-6H3,(H8-,61,62,63,64,68,69,70,71,72,73,74,75,76,77,78,79,80)/p+1/t49-,50-,56-,93?/m1/s1. The molecular formula is C60H83N7O19P3S5+. The maximum absolute atomic E-state index is 13.3. The summed E-state index contributed by atoms with van der Waals surface area (Å²) in [5, 5.41) is 5.78. The van der Waals surface area contributed by atoms with Crippen molar-refractivity contribution in [2.24, 2.45) is 10.7 Å². The molecule has 0 aliphatic carbocycles. The summed E-state index contributed by atoms with van der Waals surface area (Å²) in [5.74, 6) is 6.63. The number of para-hydroxylation sites is 1. The van der Waals surface area contributed by atoms with Crippen LogP contribution in [0.4, 0.5) is 17.2 Å². The molecule has 4 aliphatic heterocycles. The van der Waals surface area contributed by atoms with Crippen LogP contribution in [-0.4, -0.2) is 146 Å². The van der Waals surface area contributed by atoms with E-state index in [9.17, 15) is 50.8 Å². The number of phosphoric ester groups is 1. The zero-order valence-corrected chi connectivity index (χ0v) is 59.8. The minimum atomic E-state index is -5.78. The molecule has 0 spiro atoms. The van der Waals surface area contributed by atoms with Crippen LogP contribution >= 0.6 is 45.1 Å². The SMILES string of the molecule is CCN1\C(=C/C=C/C=C/C2=[N+](CCCCCC(=O)NCCSSCOCCCCCCC(=O)NCC#Cc3cn([C@H]4C[C@@H](OCS(C)=S)[C@@H](COP(=O)(O)OP(=O)(O)OP(=O)(O)O)O4)c4c3C(=O)CC(N)=N4)c3ccc(S(=O)(=O)O)cc3C2(C)C)C(C)(C)c2ccccc21. The number of aliphatic imine (C=N–C) groups is 1. The number of hydrogen-bond acceptors (Lipinski definition) is 20.